The van der Waals surface area contributed by atoms with E-state index in [1.807, 2.05) is 0 Å². The van der Waals surface area contributed by atoms with Gasteiger partial charge in [0.15, 0.2) is 0 Å². The lowest BCUT2D eigenvalue weighted by Gasteiger charge is -2.21. The van der Waals surface area contributed by atoms with E-state index in [1.165, 1.54) is 0 Å². The fraction of sp³-hybridized carbons (Fsp3) is 0.500. The quantitative estimate of drug-likeness (QED) is 0.747. The SMILES string of the molecule is Cl.N[C@H](C[C@@H](O)c1cc(C(F)(F)F)cc(C(F)(F)F)c1)C(F)(F)F. The molecule has 0 aliphatic rings. The average Bonchev–Trinajstić information content (AvgIpc) is 2.34. The third kappa shape index (κ3) is 6.02. The van der Waals surface area contributed by atoms with Crippen molar-refractivity contribution in [2.24, 2.45) is 5.73 Å². The molecule has 0 fully saturated rings. The Hall–Kier alpha value is -1.20. The van der Waals surface area contributed by atoms with Crippen molar-refractivity contribution in [2.75, 3.05) is 0 Å². The summed E-state index contributed by atoms with van der Waals surface area (Å²) in [4.78, 5) is 0. The summed E-state index contributed by atoms with van der Waals surface area (Å²) in [5.74, 6) is 0. The lowest BCUT2D eigenvalue weighted by Crippen LogP contribution is -2.38. The summed E-state index contributed by atoms with van der Waals surface area (Å²) in [5, 5.41) is 9.52. The second-order valence-corrected chi connectivity index (χ2v) is 4.74. The van der Waals surface area contributed by atoms with E-state index in [4.69, 9.17) is 5.73 Å². The number of rotatable bonds is 3. The lowest BCUT2D eigenvalue weighted by atomic mass is 9.97. The summed E-state index contributed by atoms with van der Waals surface area (Å²) < 4.78 is 112. The minimum atomic E-state index is -5.16. The van der Waals surface area contributed by atoms with Crippen LogP contribution in [0.4, 0.5) is 39.5 Å². The molecular weight excluding hydrogens is 381 g/mol. The molecule has 0 spiro atoms. The lowest BCUT2D eigenvalue weighted by molar-refractivity contribution is -0.154. The van der Waals surface area contributed by atoms with Crippen LogP contribution in [0.3, 0.4) is 0 Å². The van der Waals surface area contributed by atoms with Crippen LogP contribution < -0.4 is 5.73 Å². The summed E-state index contributed by atoms with van der Waals surface area (Å²) in [7, 11) is 0. The van der Waals surface area contributed by atoms with Crippen molar-refractivity contribution < 1.29 is 44.6 Å². The first-order valence-corrected chi connectivity index (χ1v) is 5.92. The Morgan fingerprint density at radius 2 is 1.21 bits per heavy atom. The van der Waals surface area contributed by atoms with E-state index in [1.54, 1.807) is 0 Å². The number of hydrogen-bond donors (Lipinski definition) is 2. The minimum Gasteiger partial charge on any atom is -0.388 e. The monoisotopic (exact) mass is 391 g/mol. The Morgan fingerprint density at radius 3 is 1.50 bits per heavy atom. The third-order valence-corrected chi connectivity index (χ3v) is 2.89. The van der Waals surface area contributed by atoms with Crippen molar-refractivity contribution in [3.8, 4) is 0 Å². The summed E-state index contributed by atoms with van der Waals surface area (Å²) in [5.41, 5.74) is 0.287. The van der Waals surface area contributed by atoms with Gasteiger partial charge in [-0.3, -0.25) is 0 Å². The molecule has 2 nitrogen and oxygen atoms in total. The Labute approximate surface area is 135 Å². The number of benzene rings is 1. The standard InChI is InChI=1S/C12H10F9NO.ClH/c13-10(14,15)6-1-5(2-7(3-6)11(16,17)18)8(23)4-9(22)12(19,20)21;/h1-3,8-9,23H,4,22H2;1H/t8-,9-;/m1./s1. The van der Waals surface area contributed by atoms with E-state index in [2.05, 4.69) is 0 Å². The van der Waals surface area contributed by atoms with Crippen molar-refractivity contribution >= 4 is 12.4 Å². The number of alkyl halides is 9. The van der Waals surface area contributed by atoms with Crippen molar-refractivity contribution in [1.82, 2.24) is 0 Å². The molecule has 1 rings (SSSR count). The van der Waals surface area contributed by atoms with Crippen LogP contribution in [-0.2, 0) is 12.4 Å². The van der Waals surface area contributed by atoms with Crippen molar-refractivity contribution in [2.45, 2.75) is 37.1 Å². The fourth-order valence-electron chi connectivity index (χ4n) is 1.68. The van der Waals surface area contributed by atoms with Crippen molar-refractivity contribution in [3.63, 3.8) is 0 Å². The molecule has 0 amide bonds. The molecule has 0 unspecified atom stereocenters. The minimum absolute atomic E-state index is 0. The number of halogens is 10. The van der Waals surface area contributed by atoms with Gasteiger partial charge in [0.25, 0.3) is 0 Å². The molecule has 12 heteroatoms. The van der Waals surface area contributed by atoms with Gasteiger partial charge in [-0.2, -0.15) is 39.5 Å². The molecular formula is C12H11ClF9NO. The smallest absolute Gasteiger partial charge is 0.388 e. The van der Waals surface area contributed by atoms with Crippen LogP contribution in [-0.4, -0.2) is 17.3 Å². The fourth-order valence-corrected chi connectivity index (χ4v) is 1.68. The van der Waals surface area contributed by atoms with E-state index >= 15 is 0 Å². The highest BCUT2D eigenvalue weighted by Crippen LogP contribution is 2.38. The van der Waals surface area contributed by atoms with Crippen LogP contribution in [0.15, 0.2) is 18.2 Å². The molecule has 24 heavy (non-hydrogen) atoms. The molecule has 0 aromatic heterocycles. The van der Waals surface area contributed by atoms with Gasteiger partial charge in [-0.1, -0.05) is 0 Å². The van der Waals surface area contributed by atoms with Gasteiger partial charge < -0.3 is 10.8 Å². The van der Waals surface area contributed by atoms with E-state index in [9.17, 15) is 44.6 Å². The molecule has 2 atom stereocenters. The molecule has 3 N–H and O–H groups in total. The van der Waals surface area contributed by atoms with Gasteiger partial charge in [0, 0.05) is 6.42 Å². The Kier molecular flexibility index (Phi) is 6.99. The highest BCUT2D eigenvalue weighted by Gasteiger charge is 2.40. The second-order valence-electron chi connectivity index (χ2n) is 4.74. The normalized spacial score (nSPS) is 15.6. The number of nitrogens with two attached hydrogens (primary N) is 1. The number of aliphatic hydroxyl groups is 1. The Balaban J connectivity index is 0.00000529. The first kappa shape index (κ1) is 22.8. The van der Waals surface area contributed by atoms with Gasteiger partial charge in [0.1, 0.15) is 6.04 Å². The number of hydrogen-bond acceptors (Lipinski definition) is 2. The predicted molar refractivity (Wildman–Crippen MR) is 67.3 cm³/mol. The van der Waals surface area contributed by atoms with Crippen LogP contribution in [0, 0.1) is 0 Å². The first-order valence-electron chi connectivity index (χ1n) is 5.92. The maximum atomic E-state index is 12.6. The van der Waals surface area contributed by atoms with Gasteiger partial charge >= 0.3 is 18.5 Å². The second kappa shape index (κ2) is 7.36. The molecule has 0 aliphatic carbocycles. The highest BCUT2D eigenvalue weighted by atomic mass is 35.5. The Morgan fingerprint density at radius 1 is 0.833 bits per heavy atom. The number of aliphatic hydroxyl groups excluding tert-OH is 1. The molecule has 140 valence electrons. The zero-order valence-corrected chi connectivity index (χ0v) is 12.2. The summed E-state index contributed by atoms with van der Waals surface area (Å²) in [6, 6.07) is -2.48. The van der Waals surface area contributed by atoms with Gasteiger partial charge in [0.2, 0.25) is 0 Å². The molecule has 0 saturated carbocycles. The Bertz CT molecular complexity index is 521. The molecule has 0 bridgehead atoms. The average molecular weight is 392 g/mol. The van der Waals surface area contributed by atoms with Gasteiger partial charge in [0.05, 0.1) is 17.2 Å². The van der Waals surface area contributed by atoms with Gasteiger partial charge in [-0.25, -0.2) is 0 Å². The molecule has 1 aromatic carbocycles. The van der Waals surface area contributed by atoms with E-state index in [0.717, 1.165) is 0 Å². The van der Waals surface area contributed by atoms with E-state index in [0.29, 0.717) is 0 Å². The molecule has 0 aliphatic heterocycles. The zero-order valence-electron chi connectivity index (χ0n) is 11.4. The maximum Gasteiger partial charge on any atom is 0.416 e. The summed E-state index contributed by atoms with van der Waals surface area (Å²) >= 11 is 0. The third-order valence-electron chi connectivity index (χ3n) is 2.89. The van der Waals surface area contributed by atoms with Crippen molar-refractivity contribution in [3.05, 3.63) is 34.9 Å². The van der Waals surface area contributed by atoms with E-state index < -0.39 is 53.8 Å². The highest BCUT2D eigenvalue weighted by molar-refractivity contribution is 5.85. The van der Waals surface area contributed by atoms with Gasteiger partial charge in [-0.05, 0) is 23.8 Å². The summed E-state index contributed by atoms with van der Waals surface area (Å²) in [6.45, 7) is 0. The predicted octanol–water partition coefficient (Wildman–Crippen LogP) is 4.46. The molecule has 0 saturated heterocycles. The summed E-state index contributed by atoms with van der Waals surface area (Å²) in [6.07, 6.45) is -18.8. The first-order chi connectivity index (χ1) is 10.1. The van der Waals surface area contributed by atoms with Crippen LogP contribution in [0.25, 0.3) is 0 Å². The van der Waals surface area contributed by atoms with Crippen LogP contribution in [0.1, 0.15) is 29.2 Å². The molecule has 0 radical (unpaired) electrons. The van der Waals surface area contributed by atoms with E-state index in [-0.39, 0.29) is 30.6 Å². The van der Waals surface area contributed by atoms with Gasteiger partial charge in [-0.15, -0.1) is 12.4 Å². The van der Waals surface area contributed by atoms with Crippen LogP contribution in [0.2, 0.25) is 0 Å². The van der Waals surface area contributed by atoms with Crippen LogP contribution >= 0.6 is 12.4 Å². The largest absolute Gasteiger partial charge is 0.416 e. The maximum absolute atomic E-state index is 12.6. The topological polar surface area (TPSA) is 46.2 Å². The van der Waals surface area contributed by atoms with Crippen molar-refractivity contribution in [1.29, 1.82) is 0 Å². The molecule has 1 aromatic rings. The zero-order chi connectivity index (χ0) is 18.2. The van der Waals surface area contributed by atoms with Crippen LogP contribution in [0.5, 0.6) is 0 Å². The molecule has 0 heterocycles.